The second kappa shape index (κ2) is 6.93. The number of halogens is 1. The molecule has 0 fully saturated rings. The molecule has 0 aromatic heterocycles. The number of aryl methyl sites for hydroxylation is 2. The van der Waals surface area contributed by atoms with Crippen molar-refractivity contribution >= 4 is 29.3 Å². The second-order valence-electron chi connectivity index (χ2n) is 4.95. The number of para-hydroxylation sites is 1. The van der Waals surface area contributed by atoms with Crippen molar-refractivity contribution in [1.29, 1.82) is 5.26 Å². The van der Waals surface area contributed by atoms with E-state index in [2.05, 4.69) is 5.32 Å². The van der Waals surface area contributed by atoms with E-state index in [1.165, 1.54) is 6.08 Å². The van der Waals surface area contributed by atoms with Gasteiger partial charge < -0.3 is 5.32 Å². The molecule has 0 unspecified atom stereocenters. The van der Waals surface area contributed by atoms with E-state index in [0.717, 1.165) is 16.8 Å². The van der Waals surface area contributed by atoms with E-state index in [9.17, 15) is 10.1 Å². The highest BCUT2D eigenvalue weighted by atomic mass is 35.5. The molecular weight excluding hydrogens is 296 g/mol. The minimum absolute atomic E-state index is 0.0323. The van der Waals surface area contributed by atoms with Crippen molar-refractivity contribution in [1.82, 2.24) is 0 Å². The zero-order chi connectivity index (χ0) is 16.1. The standard InChI is InChI=1S/C18H15ClN2O/c1-12-5-3-6-13(2)17(12)21-18(22)15(11-20)9-14-7-4-8-16(19)10-14/h3-10H,1-2H3,(H,21,22)/b15-9+. The third-order valence-corrected chi connectivity index (χ3v) is 3.48. The zero-order valence-electron chi connectivity index (χ0n) is 12.4. The number of rotatable bonds is 3. The van der Waals surface area contributed by atoms with Crippen LogP contribution in [0.1, 0.15) is 16.7 Å². The topological polar surface area (TPSA) is 52.9 Å². The molecule has 0 atom stereocenters. The first-order valence-corrected chi connectivity index (χ1v) is 7.14. The van der Waals surface area contributed by atoms with Crippen molar-refractivity contribution in [3.8, 4) is 6.07 Å². The normalized spacial score (nSPS) is 10.9. The van der Waals surface area contributed by atoms with Gasteiger partial charge >= 0.3 is 0 Å². The number of anilines is 1. The van der Waals surface area contributed by atoms with Gasteiger partial charge in [0.2, 0.25) is 0 Å². The molecule has 0 radical (unpaired) electrons. The Hall–Kier alpha value is -2.57. The maximum atomic E-state index is 12.3. The number of nitrogens with one attached hydrogen (secondary N) is 1. The first kappa shape index (κ1) is 15.8. The number of nitriles is 1. The minimum Gasteiger partial charge on any atom is -0.321 e. The average Bonchev–Trinajstić information content (AvgIpc) is 2.48. The van der Waals surface area contributed by atoms with Crippen LogP contribution in [0, 0.1) is 25.2 Å². The summed E-state index contributed by atoms with van der Waals surface area (Å²) in [5.74, 6) is -0.431. The van der Waals surface area contributed by atoms with Gasteiger partial charge in [-0.1, -0.05) is 41.9 Å². The minimum atomic E-state index is -0.431. The van der Waals surface area contributed by atoms with Crippen LogP contribution in [0.25, 0.3) is 6.08 Å². The van der Waals surface area contributed by atoms with Crippen molar-refractivity contribution < 1.29 is 4.79 Å². The Kier molecular flexibility index (Phi) is 4.98. The fourth-order valence-corrected chi connectivity index (χ4v) is 2.30. The number of amides is 1. The van der Waals surface area contributed by atoms with Crippen molar-refractivity contribution in [2.45, 2.75) is 13.8 Å². The van der Waals surface area contributed by atoms with Gasteiger partial charge in [-0.2, -0.15) is 5.26 Å². The summed E-state index contributed by atoms with van der Waals surface area (Å²) in [7, 11) is 0. The fraction of sp³-hybridized carbons (Fsp3) is 0.111. The SMILES string of the molecule is Cc1cccc(C)c1NC(=O)/C(C#N)=C/c1cccc(Cl)c1. The van der Waals surface area contributed by atoms with E-state index in [4.69, 9.17) is 11.6 Å². The molecule has 3 nitrogen and oxygen atoms in total. The van der Waals surface area contributed by atoms with Crippen LogP contribution in [0.15, 0.2) is 48.0 Å². The van der Waals surface area contributed by atoms with E-state index < -0.39 is 5.91 Å². The highest BCUT2D eigenvalue weighted by molar-refractivity contribution is 6.30. The third kappa shape index (κ3) is 3.75. The van der Waals surface area contributed by atoms with Crippen LogP contribution in [0.2, 0.25) is 5.02 Å². The van der Waals surface area contributed by atoms with Gasteiger partial charge in [0.1, 0.15) is 11.6 Å². The number of nitrogens with zero attached hydrogens (tertiary/aromatic N) is 1. The van der Waals surface area contributed by atoms with E-state index in [1.807, 2.05) is 38.1 Å². The summed E-state index contributed by atoms with van der Waals surface area (Å²) in [4.78, 5) is 12.3. The lowest BCUT2D eigenvalue weighted by atomic mass is 10.1. The van der Waals surface area contributed by atoms with Crippen LogP contribution in [0.5, 0.6) is 0 Å². The summed E-state index contributed by atoms with van der Waals surface area (Å²) >= 11 is 5.91. The van der Waals surface area contributed by atoms with Gasteiger partial charge in [0.25, 0.3) is 5.91 Å². The Morgan fingerprint density at radius 1 is 1.18 bits per heavy atom. The van der Waals surface area contributed by atoms with Gasteiger partial charge in [0.05, 0.1) is 0 Å². The van der Waals surface area contributed by atoms with E-state index in [-0.39, 0.29) is 5.57 Å². The van der Waals surface area contributed by atoms with Crippen molar-refractivity contribution in [2.75, 3.05) is 5.32 Å². The molecule has 4 heteroatoms. The molecule has 0 saturated carbocycles. The van der Waals surface area contributed by atoms with Gasteiger partial charge in [-0.15, -0.1) is 0 Å². The summed E-state index contributed by atoms with van der Waals surface area (Å²) in [6, 6.07) is 14.7. The number of carbonyl (C=O) groups is 1. The molecule has 0 aliphatic heterocycles. The predicted octanol–water partition coefficient (Wildman–Crippen LogP) is 4.50. The van der Waals surface area contributed by atoms with Gasteiger partial charge in [-0.25, -0.2) is 0 Å². The predicted molar refractivity (Wildman–Crippen MR) is 89.6 cm³/mol. The molecule has 22 heavy (non-hydrogen) atoms. The maximum absolute atomic E-state index is 12.3. The fourth-order valence-electron chi connectivity index (χ4n) is 2.10. The van der Waals surface area contributed by atoms with Crippen LogP contribution >= 0.6 is 11.6 Å². The highest BCUT2D eigenvalue weighted by Crippen LogP contribution is 2.21. The summed E-state index contributed by atoms with van der Waals surface area (Å²) in [5, 5.41) is 12.6. The van der Waals surface area contributed by atoms with Crippen molar-refractivity contribution in [3.05, 3.63) is 69.8 Å². The Bertz CT molecular complexity index is 768. The summed E-state index contributed by atoms with van der Waals surface area (Å²) in [5.41, 5.74) is 3.38. The molecule has 0 bridgehead atoms. The highest BCUT2D eigenvalue weighted by Gasteiger charge is 2.12. The summed E-state index contributed by atoms with van der Waals surface area (Å²) in [6.07, 6.45) is 1.52. The second-order valence-corrected chi connectivity index (χ2v) is 5.38. The molecule has 1 amide bonds. The Balaban J connectivity index is 2.29. The lowest BCUT2D eigenvalue weighted by molar-refractivity contribution is -0.112. The smallest absolute Gasteiger partial charge is 0.266 e. The molecular formula is C18H15ClN2O. The van der Waals surface area contributed by atoms with Crippen LogP contribution in [0.4, 0.5) is 5.69 Å². The number of benzene rings is 2. The third-order valence-electron chi connectivity index (χ3n) is 3.24. The van der Waals surface area contributed by atoms with Crippen LogP contribution < -0.4 is 5.32 Å². The zero-order valence-corrected chi connectivity index (χ0v) is 13.1. The Morgan fingerprint density at radius 2 is 1.82 bits per heavy atom. The summed E-state index contributed by atoms with van der Waals surface area (Å²) in [6.45, 7) is 3.82. The summed E-state index contributed by atoms with van der Waals surface area (Å²) < 4.78 is 0. The molecule has 2 aromatic rings. The maximum Gasteiger partial charge on any atom is 0.266 e. The first-order valence-electron chi connectivity index (χ1n) is 6.76. The van der Waals surface area contributed by atoms with Gasteiger partial charge in [0.15, 0.2) is 0 Å². The van der Waals surface area contributed by atoms with E-state index in [0.29, 0.717) is 10.6 Å². The molecule has 0 heterocycles. The van der Waals surface area contributed by atoms with Crippen molar-refractivity contribution in [2.24, 2.45) is 0 Å². The Labute approximate surface area is 134 Å². The molecule has 0 aliphatic rings. The molecule has 110 valence electrons. The first-order chi connectivity index (χ1) is 10.5. The quantitative estimate of drug-likeness (QED) is 0.670. The molecule has 0 spiro atoms. The van der Waals surface area contributed by atoms with Gasteiger partial charge in [-0.05, 0) is 48.7 Å². The molecule has 2 aromatic carbocycles. The lowest BCUT2D eigenvalue weighted by Gasteiger charge is -2.10. The van der Waals surface area contributed by atoms with Gasteiger partial charge in [-0.3, -0.25) is 4.79 Å². The van der Waals surface area contributed by atoms with Crippen molar-refractivity contribution in [3.63, 3.8) is 0 Å². The average molecular weight is 311 g/mol. The monoisotopic (exact) mass is 310 g/mol. The van der Waals surface area contributed by atoms with E-state index >= 15 is 0 Å². The lowest BCUT2D eigenvalue weighted by Crippen LogP contribution is -2.15. The molecule has 0 aliphatic carbocycles. The van der Waals surface area contributed by atoms with Crippen LogP contribution in [0.3, 0.4) is 0 Å². The van der Waals surface area contributed by atoms with E-state index in [1.54, 1.807) is 24.3 Å². The largest absolute Gasteiger partial charge is 0.321 e. The molecule has 0 saturated heterocycles. The Morgan fingerprint density at radius 3 is 2.41 bits per heavy atom. The van der Waals surface area contributed by atoms with Crippen LogP contribution in [-0.4, -0.2) is 5.91 Å². The molecule has 2 rings (SSSR count). The number of hydrogen-bond donors (Lipinski definition) is 1. The number of hydrogen-bond acceptors (Lipinski definition) is 2. The van der Waals surface area contributed by atoms with Crippen LogP contribution in [-0.2, 0) is 4.79 Å². The molecule has 1 N–H and O–H groups in total. The number of carbonyl (C=O) groups excluding carboxylic acids is 1. The van der Waals surface area contributed by atoms with Gasteiger partial charge in [0, 0.05) is 10.7 Å².